The number of hydrogen-bond donors (Lipinski definition) is 3. The van der Waals surface area contributed by atoms with Gasteiger partial charge >= 0.3 is 5.69 Å². The van der Waals surface area contributed by atoms with E-state index in [2.05, 4.69) is 4.98 Å². The zero-order valence-electron chi connectivity index (χ0n) is 20.2. The molecule has 1 heterocycles. The zero-order valence-corrected chi connectivity index (χ0v) is 20.2. The number of ether oxygens (including phenoxy) is 1. The number of hydrogen-bond acceptors (Lipinski definition) is 7. The van der Waals surface area contributed by atoms with Crippen LogP contribution in [0.1, 0.15) is 35.2 Å². The van der Waals surface area contributed by atoms with Crippen molar-refractivity contribution in [3.05, 3.63) is 62.4 Å². The highest BCUT2D eigenvalue weighted by atomic mass is 16.5. The van der Waals surface area contributed by atoms with E-state index < -0.39 is 23.0 Å². The summed E-state index contributed by atoms with van der Waals surface area (Å²) in [4.78, 5) is 42.6. The van der Waals surface area contributed by atoms with Gasteiger partial charge in [-0.3, -0.25) is 19.1 Å². The van der Waals surface area contributed by atoms with E-state index in [1.807, 2.05) is 19.0 Å². The summed E-state index contributed by atoms with van der Waals surface area (Å²) in [5.74, 6) is 0.411. The highest BCUT2D eigenvalue weighted by molar-refractivity contribution is 5.94. The van der Waals surface area contributed by atoms with Crippen LogP contribution in [-0.2, 0) is 6.54 Å². The van der Waals surface area contributed by atoms with Gasteiger partial charge in [0.05, 0.1) is 12.6 Å². The highest BCUT2D eigenvalue weighted by Crippen LogP contribution is 2.33. The SMILES string of the molecule is Cc1cn(C[C@]2(O)CC[C@H](N(C)C(=O)c3cccc(OCCN(C)C)c3)C[C@H]2O)c(=O)[nH]c1=O. The second-order valence-electron chi connectivity index (χ2n) is 9.34. The lowest BCUT2D eigenvalue weighted by atomic mass is 9.79. The Morgan fingerprint density at radius 1 is 1.29 bits per heavy atom. The molecule has 0 bridgehead atoms. The Kier molecular flexibility index (Phi) is 7.96. The quantitative estimate of drug-likeness (QED) is 0.499. The second kappa shape index (κ2) is 10.5. The van der Waals surface area contributed by atoms with Crippen molar-refractivity contribution in [1.82, 2.24) is 19.4 Å². The smallest absolute Gasteiger partial charge is 0.328 e. The van der Waals surface area contributed by atoms with Gasteiger partial charge in [-0.15, -0.1) is 0 Å². The van der Waals surface area contributed by atoms with Gasteiger partial charge in [0.25, 0.3) is 11.5 Å². The highest BCUT2D eigenvalue weighted by Gasteiger charge is 2.43. The van der Waals surface area contributed by atoms with Gasteiger partial charge in [-0.25, -0.2) is 4.79 Å². The summed E-state index contributed by atoms with van der Waals surface area (Å²) in [6.07, 6.45) is 1.03. The van der Waals surface area contributed by atoms with Crippen LogP contribution in [0.15, 0.2) is 40.1 Å². The predicted octanol–water partition coefficient (Wildman–Crippen LogP) is 0.202. The standard InChI is InChI=1S/C24H34N4O6/c1-16-14-28(23(32)25-21(16)30)15-24(33)9-8-18(13-20(24)29)27(4)22(31)17-6-5-7-19(12-17)34-11-10-26(2)3/h5-7,12,14,18,20,29,33H,8-11,13,15H2,1-4H3,(H,25,30,32)/t18-,20+,24+/m0/s1. The van der Waals surface area contributed by atoms with Crippen LogP contribution in [0, 0.1) is 6.92 Å². The van der Waals surface area contributed by atoms with Crippen LogP contribution >= 0.6 is 0 Å². The number of carbonyl (C=O) groups excluding carboxylic acids is 1. The maximum atomic E-state index is 13.1. The molecule has 0 unspecified atom stereocenters. The fourth-order valence-electron chi connectivity index (χ4n) is 4.18. The van der Waals surface area contributed by atoms with Gasteiger partial charge < -0.3 is 24.7 Å². The van der Waals surface area contributed by atoms with Gasteiger partial charge in [0.1, 0.15) is 18.0 Å². The first-order valence-corrected chi connectivity index (χ1v) is 11.4. The fraction of sp³-hybridized carbons (Fsp3) is 0.542. The molecule has 186 valence electrons. The summed E-state index contributed by atoms with van der Waals surface area (Å²) in [6.45, 7) is 2.67. The number of H-pyrrole nitrogens is 1. The Morgan fingerprint density at radius 2 is 2.03 bits per heavy atom. The minimum Gasteiger partial charge on any atom is -0.492 e. The molecule has 1 amide bonds. The normalized spacial score (nSPS) is 22.6. The summed E-state index contributed by atoms with van der Waals surface area (Å²) in [7, 11) is 5.59. The molecule has 0 spiro atoms. The van der Waals surface area contributed by atoms with Gasteiger partial charge in [-0.1, -0.05) is 6.07 Å². The third-order valence-electron chi connectivity index (χ3n) is 6.42. The molecular formula is C24H34N4O6. The maximum absolute atomic E-state index is 13.1. The van der Waals surface area contributed by atoms with E-state index >= 15 is 0 Å². The molecule has 0 aliphatic heterocycles. The molecule has 1 aromatic carbocycles. The van der Waals surface area contributed by atoms with Gasteiger partial charge in [-0.05, 0) is 58.5 Å². The summed E-state index contributed by atoms with van der Waals surface area (Å²) in [5, 5.41) is 21.8. The van der Waals surface area contributed by atoms with Crippen LogP contribution in [0.4, 0.5) is 0 Å². The monoisotopic (exact) mass is 474 g/mol. The molecule has 1 aliphatic carbocycles. The van der Waals surface area contributed by atoms with Crippen LogP contribution < -0.4 is 16.0 Å². The van der Waals surface area contributed by atoms with Gasteiger partial charge in [0, 0.05) is 37.0 Å². The minimum atomic E-state index is -1.55. The van der Waals surface area contributed by atoms with Gasteiger partial charge in [0.15, 0.2) is 0 Å². The molecule has 10 nitrogen and oxygen atoms in total. The Hall–Kier alpha value is -2.95. The fourth-order valence-corrected chi connectivity index (χ4v) is 4.18. The number of benzene rings is 1. The van der Waals surface area contributed by atoms with Crippen molar-refractivity contribution in [3.8, 4) is 5.75 Å². The average molecular weight is 475 g/mol. The molecule has 0 radical (unpaired) electrons. The maximum Gasteiger partial charge on any atom is 0.328 e. The van der Waals surface area contributed by atoms with Crippen molar-refractivity contribution >= 4 is 5.91 Å². The number of aryl methyl sites for hydroxylation is 1. The number of rotatable bonds is 8. The number of aliphatic hydroxyl groups is 2. The topological polar surface area (TPSA) is 128 Å². The van der Waals surface area contributed by atoms with Crippen molar-refractivity contribution in [1.29, 1.82) is 0 Å². The third-order valence-corrected chi connectivity index (χ3v) is 6.42. The molecule has 1 fully saturated rings. The Bertz CT molecular complexity index is 1130. The van der Waals surface area contributed by atoms with Crippen LogP contribution in [0.5, 0.6) is 5.75 Å². The van der Waals surface area contributed by atoms with Crippen molar-refractivity contribution in [2.45, 2.75) is 50.5 Å². The lowest BCUT2D eigenvalue weighted by Crippen LogP contribution is -2.55. The zero-order chi connectivity index (χ0) is 25.0. The first kappa shape index (κ1) is 25.7. The first-order valence-electron chi connectivity index (χ1n) is 11.4. The first-order chi connectivity index (χ1) is 16.0. The summed E-state index contributed by atoms with van der Waals surface area (Å²) < 4.78 is 6.93. The summed E-state index contributed by atoms with van der Waals surface area (Å²) in [5.41, 5.74) is -1.85. The van der Waals surface area contributed by atoms with Crippen molar-refractivity contribution in [2.75, 3.05) is 34.3 Å². The van der Waals surface area contributed by atoms with Crippen molar-refractivity contribution in [3.63, 3.8) is 0 Å². The molecular weight excluding hydrogens is 440 g/mol. The number of nitrogens with one attached hydrogen (secondary N) is 1. The van der Waals surface area contributed by atoms with E-state index in [1.165, 1.54) is 10.8 Å². The molecule has 1 aromatic heterocycles. The predicted molar refractivity (Wildman–Crippen MR) is 127 cm³/mol. The third kappa shape index (κ3) is 5.94. The van der Waals surface area contributed by atoms with E-state index in [-0.39, 0.29) is 31.3 Å². The molecule has 10 heteroatoms. The molecule has 34 heavy (non-hydrogen) atoms. The molecule has 1 aliphatic rings. The number of likely N-dealkylation sites (N-methyl/N-ethyl adjacent to an activating group) is 1. The summed E-state index contributed by atoms with van der Waals surface area (Å²) in [6, 6.07) is 6.71. The molecule has 0 saturated heterocycles. The molecule has 3 atom stereocenters. The Morgan fingerprint density at radius 3 is 2.71 bits per heavy atom. The van der Waals surface area contributed by atoms with Crippen LogP contribution in [0.25, 0.3) is 0 Å². The van der Waals surface area contributed by atoms with E-state index in [9.17, 15) is 24.6 Å². The minimum absolute atomic E-state index is 0.151. The van der Waals surface area contributed by atoms with E-state index in [0.717, 1.165) is 6.54 Å². The van der Waals surface area contributed by atoms with Crippen LogP contribution in [-0.4, -0.2) is 87.5 Å². The Labute approximate surface area is 198 Å². The number of carbonyl (C=O) groups is 1. The molecule has 3 rings (SSSR count). The van der Waals surface area contributed by atoms with Crippen LogP contribution in [0.2, 0.25) is 0 Å². The molecule has 2 aromatic rings. The number of amides is 1. The number of aromatic nitrogens is 2. The van der Waals surface area contributed by atoms with E-state index in [4.69, 9.17) is 4.74 Å². The van der Waals surface area contributed by atoms with Crippen LogP contribution in [0.3, 0.4) is 0 Å². The van der Waals surface area contributed by atoms with Crippen molar-refractivity contribution < 1.29 is 19.7 Å². The lowest BCUT2D eigenvalue weighted by molar-refractivity contribution is -0.122. The van der Waals surface area contributed by atoms with Gasteiger partial charge in [-0.2, -0.15) is 0 Å². The second-order valence-corrected chi connectivity index (χ2v) is 9.34. The van der Waals surface area contributed by atoms with E-state index in [1.54, 1.807) is 43.1 Å². The molecule has 3 N–H and O–H groups in total. The van der Waals surface area contributed by atoms with E-state index in [0.29, 0.717) is 29.9 Å². The van der Waals surface area contributed by atoms with Crippen molar-refractivity contribution in [2.24, 2.45) is 0 Å². The molecule has 1 saturated carbocycles. The lowest BCUT2D eigenvalue weighted by Gasteiger charge is -2.43. The number of aromatic amines is 1. The number of nitrogens with zero attached hydrogens (tertiary/aromatic N) is 3. The Balaban J connectivity index is 1.65. The van der Waals surface area contributed by atoms with Gasteiger partial charge in [0.2, 0.25) is 0 Å². The largest absolute Gasteiger partial charge is 0.492 e. The number of aliphatic hydroxyl groups excluding tert-OH is 1. The average Bonchev–Trinajstić information content (AvgIpc) is 2.78. The summed E-state index contributed by atoms with van der Waals surface area (Å²) >= 11 is 0.